The van der Waals surface area contributed by atoms with Crippen molar-refractivity contribution in [3.05, 3.63) is 0 Å². The molecule has 0 heterocycles. The molecular formula is C4H16Si2. The van der Waals surface area contributed by atoms with Gasteiger partial charge in [-0.15, -0.1) is 0 Å². The van der Waals surface area contributed by atoms with E-state index in [1.54, 1.807) is 0 Å². The molecule has 0 N–H and O–H groups in total. The van der Waals surface area contributed by atoms with Gasteiger partial charge in [-0.05, 0) is 11.0 Å². The van der Waals surface area contributed by atoms with E-state index in [4.69, 9.17) is 0 Å². The number of hydrogen-bond donors (Lipinski definition) is 0. The molecule has 0 atom stereocenters. The van der Waals surface area contributed by atoms with Crippen LogP contribution < -0.4 is 0 Å². The highest BCUT2D eigenvalue weighted by atomic mass is 28.3. The molecule has 0 aliphatic carbocycles. The Morgan fingerprint density at radius 3 is 0.833 bits per heavy atom. The maximum absolute atomic E-state index is 2.33. The molecule has 0 aliphatic rings. The summed E-state index contributed by atoms with van der Waals surface area (Å²) in [6.45, 7) is 9.31. The van der Waals surface area contributed by atoms with E-state index in [0.29, 0.717) is 0 Å². The number of rotatable bonds is 0. The van der Waals surface area contributed by atoms with Gasteiger partial charge >= 0.3 is 0 Å². The Hall–Kier alpha value is 0.434. The highest BCUT2D eigenvalue weighted by Crippen LogP contribution is 1.94. The van der Waals surface area contributed by atoms with Crippen LogP contribution in [0.4, 0.5) is 0 Å². The molecule has 0 unspecified atom stereocenters. The highest BCUT2D eigenvalue weighted by Gasteiger charge is 1.99. The minimum Gasteiger partial charge on any atom is -0.0697 e. The maximum atomic E-state index is 2.33. The average Bonchev–Trinajstić information content (AvgIpc) is 0.722. The fraction of sp³-hybridized carbons (Fsp3) is 1.00. The van der Waals surface area contributed by atoms with Gasteiger partial charge in [-0.25, -0.2) is 0 Å². The molecule has 0 saturated heterocycles. The first kappa shape index (κ1) is 9.66. The first-order valence-electron chi connectivity index (χ1n) is 2.00. The zero-order valence-electron chi connectivity index (χ0n) is 4.50. The summed E-state index contributed by atoms with van der Waals surface area (Å²) in [6.07, 6.45) is 0. The summed E-state index contributed by atoms with van der Waals surface area (Å²) in [4.78, 5) is 0. The third-order valence-corrected chi connectivity index (χ3v) is 0. The molecule has 0 aliphatic heterocycles. The summed E-state index contributed by atoms with van der Waals surface area (Å²) in [6, 6.07) is 0. The molecule has 6 heavy (non-hydrogen) atoms. The van der Waals surface area contributed by atoms with Crippen molar-refractivity contribution in [3.8, 4) is 0 Å². The van der Waals surface area contributed by atoms with E-state index in [1.165, 1.54) is 0 Å². The van der Waals surface area contributed by atoms with E-state index >= 15 is 0 Å². The molecular weight excluding hydrogens is 104 g/mol. The summed E-state index contributed by atoms with van der Waals surface area (Å²) < 4.78 is 0. The quantitative estimate of drug-likeness (QED) is 0.409. The van der Waals surface area contributed by atoms with Gasteiger partial charge in [0.15, 0.2) is 0 Å². The van der Waals surface area contributed by atoms with Crippen LogP contribution in [-0.2, 0) is 0 Å². The van der Waals surface area contributed by atoms with E-state index in [0.717, 1.165) is 0 Å². The van der Waals surface area contributed by atoms with Gasteiger partial charge in [-0.1, -0.05) is 26.2 Å². The van der Waals surface area contributed by atoms with Crippen LogP contribution in [-0.4, -0.2) is 19.0 Å². The zero-order valence-corrected chi connectivity index (χ0v) is 5.50. The first-order chi connectivity index (χ1) is 2.00. The summed E-state index contributed by atoms with van der Waals surface area (Å²) >= 11 is 0. The van der Waals surface area contributed by atoms with E-state index in [2.05, 4.69) is 26.2 Å². The van der Waals surface area contributed by atoms with E-state index < -0.39 is 8.07 Å². The van der Waals surface area contributed by atoms with Crippen molar-refractivity contribution in [2.45, 2.75) is 26.2 Å². The van der Waals surface area contributed by atoms with Crippen LogP contribution in [0, 0.1) is 0 Å². The van der Waals surface area contributed by atoms with Crippen LogP contribution in [0.1, 0.15) is 0 Å². The predicted molar refractivity (Wildman–Crippen MR) is 40.5 cm³/mol. The molecule has 0 aromatic rings. The summed E-state index contributed by atoms with van der Waals surface area (Å²) in [7, 11) is -0.611. The van der Waals surface area contributed by atoms with Gasteiger partial charge < -0.3 is 0 Å². The second-order valence-corrected chi connectivity index (χ2v) is 9.00. The highest BCUT2D eigenvalue weighted by molar-refractivity contribution is 6.74. The van der Waals surface area contributed by atoms with Crippen molar-refractivity contribution in [1.29, 1.82) is 0 Å². The molecule has 0 aromatic heterocycles. The fourth-order valence-corrected chi connectivity index (χ4v) is 0. The molecule has 40 valence electrons. The molecule has 2 heteroatoms. The fourth-order valence-electron chi connectivity index (χ4n) is 0. The second kappa shape index (κ2) is 2.58. The van der Waals surface area contributed by atoms with E-state index in [1.807, 2.05) is 0 Å². The van der Waals surface area contributed by atoms with Crippen molar-refractivity contribution in [1.82, 2.24) is 0 Å². The average molecular weight is 120 g/mol. The summed E-state index contributed by atoms with van der Waals surface area (Å²) in [5.74, 6) is 0. The van der Waals surface area contributed by atoms with Gasteiger partial charge in [-0.3, -0.25) is 0 Å². The van der Waals surface area contributed by atoms with Gasteiger partial charge in [0.05, 0.1) is 0 Å². The minimum atomic E-state index is -0.611. The smallest absolute Gasteiger partial charge is 0.0411 e. The Morgan fingerprint density at radius 2 is 0.833 bits per heavy atom. The lowest BCUT2D eigenvalue weighted by molar-refractivity contribution is 1.71. The Kier molecular flexibility index (Phi) is 4.16. The molecule has 0 nitrogen and oxygen atoms in total. The van der Waals surface area contributed by atoms with Crippen molar-refractivity contribution < 1.29 is 0 Å². The molecule has 0 radical (unpaired) electrons. The molecule has 0 rings (SSSR count). The predicted octanol–water partition coefficient (Wildman–Crippen LogP) is 0.503. The van der Waals surface area contributed by atoms with Crippen LogP contribution in [0.2, 0.25) is 26.2 Å². The molecule has 0 aromatic carbocycles. The van der Waals surface area contributed by atoms with Crippen LogP contribution >= 0.6 is 0 Å². The third kappa shape index (κ3) is 278. The minimum absolute atomic E-state index is 0. The first-order valence-corrected chi connectivity index (χ1v) is 6.00. The number of hydrogen-bond acceptors (Lipinski definition) is 0. The van der Waals surface area contributed by atoms with Crippen LogP contribution in [0.5, 0.6) is 0 Å². The SMILES string of the molecule is C[Si](C)(C)C.[SiH4]. The van der Waals surface area contributed by atoms with Crippen LogP contribution in [0.25, 0.3) is 0 Å². The zero-order chi connectivity index (χ0) is 4.50. The molecule has 0 saturated carbocycles. The Labute approximate surface area is 46.0 Å². The van der Waals surface area contributed by atoms with Crippen molar-refractivity contribution in [3.63, 3.8) is 0 Å². The lowest BCUT2D eigenvalue weighted by Gasteiger charge is -2.01. The summed E-state index contributed by atoms with van der Waals surface area (Å²) in [5, 5.41) is 0. The lowest BCUT2D eigenvalue weighted by atomic mass is 11.8. The van der Waals surface area contributed by atoms with Gasteiger partial charge in [0, 0.05) is 8.07 Å². The molecule has 0 bridgehead atoms. The monoisotopic (exact) mass is 120 g/mol. The lowest BCUT2D eigenvalue weighted by Crippen LogP contribution is -2.10. The van der Waals surface area contributed by atoms with Crippen LogP contribution in [0.3, 0.4) is 0 Å². The van der Waals surface area contributed by atoms with E-state index in [9.17, 15) is 0 Å². The van der Waals surface area contributed by atoms with Gasteiger partial charge in [0.25, 0.3) is 0 Å². The van der Waals surface area contributed by atoms with Crippen molar-refractivity contribution in [2.75, 3.05) is 0 Å². The third-order valence-electron chi connectivity index (χ3n) is 0. The molecule has 0 spiro atoms. The van der Waals surface area contributed by atoms with Gasteiger partial charge in [0.2, 0.25) is 0 Å². The van der Waals surface area contributed by atoms with Crippen molar-refractivity contribution in [2.24, 2.45) is 0 Å². The van der Waals surface area contributed by atoms with Crippen molar-refractivity contribution >= 4 is 19.0 Å². The largest absolute Gasteiger partial charge is 0.0697 e. The molecule has 0 amide bonds. The maximum Gasteiger partial charge on any atom is 0.0411 e. The standard InChI is InChI=1S/C4H12Si.H4Si/c1-5(2,3)4;/h1-4H3;1H4. The Morgan fingerprint density at radius 1 is 0.833 bits per heavy atom. The topological polar surface area (TPSA) is 0 Å². The molecule has 0 fully saturated rings. The normalized spacial score (nSPS) is 10.0. The summed E-state index contributed by atoms with van der Waals surface area (Å²) in [5.41, 5.74) is 0. The van der Waals surface area contributed by atoms with Gasteiger partial charge in [-0.2, -0.15) is 0 Å². The Balaban J connectivity index is 0. The Bertz CT molecular complexity index is 21.0. The van der Waals surface area contributed by atoms with Crippen LogP contribution in [0.15, 0.2) is 0 Å². The van der Waals surface area contributed by atoms with E-state index in [-0.39, 0.29) is 11.0 Å². The second-order valence-electron chi connectivity index (χ2n) is 3.00. The van der Waals surface area contributed by atoms with Gasteiger partial charge in [0.1, 0.15) is 0 Å².